The molecule has 5 rings (SSSR count). The molecular weight excluding hydrogens is 536 g/mol. The predicted molar refractivity (Wildman–Crippen MR) is 145 cm³/mol. The number of anilines is 1. The smallest absolute Gasteiger partial charge is 0.269 e. The average molecular weight is 565 g/mol. The molecule has 3 heterocycles. The average Bonchev–Trinajstić information content (AvgIpc) is 3.74. The molecular formula is C28H28N4O7S. The van der Waals surface area contributed by atoms with E-state index in [2.05, 4.69) is 15.1 Å². The molecule has 0 N–H and O–H groups in total. The highest BCUT2D eigenvalue weighted by Gasteiger charge is 2.33. The first-order valence-electron chi connectivity index (χ1n) is 12.4. The van der Waals surface area contributed by atoms with Gasteiger partial charge in [0.25, 0.3) is 10.0 Å². The Morgan fingerprint density at radius 2 is 1.75 bits per heavy atom. The molecule has 0 unspecified atom stereocenters. The number of ether oxygens (including phenoxy) is 2. The number of sulfonamides is 1. The van der Waals surface area contributed by atoms with Crippen molar-refractivity contribution in [2.45, 2.75) is 25.2 Å². The van der Waals surface area contributed by atoms with E-state index in [0.717, 1.165) is 15.4 Å². The number of aromatic nitrogens is 3. The Labute approximate surface area is 231 Å². The van der Waals surface area contributed by atoms with E-state index in [9.17, 15) is 8.42 Å². The van der Waals surface area contributed by atoms with Gasteiger partial charge in [-0.05, 0) is 43.2 Å². The largest absolute Gasteiger partial charge is 0.449 e. The highest BCUT2D eigenvalue weighted by atomic mass is 32.2. The zero-order chi connectivity index (χ0) is 28.1. The molecule has 0 saturated heterocycles. The van der Waals surface area contributed by atoms with Gasteiger partial charge in [-0.2, -0.15) is 0 Å². The van der Waals surface area contributed by atoms with Crippen LogP contribution >= 0.6 is 0 Å². The van der Waals surface area contributed by atoms with Crippen LogP contribution in [-0.2, 0) is 25.9 Å². The Morgan fingerprint density at radius 1 is 0.950 bits per heavy atom. The van der Waals surface area contributed by atoms with Gasteiger partial charge in [-0.1, -0.05) is 29.4 Å². The van der Waals surface area contributed by atoms with E-state index in [0.29, 0.717) is 47.2 Å². The van der Waals surface area contributed by atoms with E-state index in [-0.39, 0.29) is 24.1 Å². The van der Waals surface area contributed by atoms with Gasteiger partial charge in [-0.25, -0.2) is 22.7 Å². The van der Waals surface area contributed by atoms with Crippen LogP contribution in [0.5, 0.6) is 0 Å². The van der Waals surface area contributed by atoms with Crippen molar-refractivity contribution in [3.63, 3.8) is 0 Å². The summed E-state index contributed by atoms with van der Waals surface area (Å²) >= 11 is 0. The highest BCUT2D eigenvalue weighted by molar-refractivity contribution is 7.93. The molecule has 0 amide bonds. The van der Waals surface area contributed by atoms with Crippen LogP contribution in [0.3, 0.4) is 0 Å². The molecule has 5 aromatic rings. The number of nitrogens with zero attached hydrogens (tertiary/aromatic N) is 4. The van der Waals surface area contributed by atoms with Crippen molar-refractivity contribution in [3.05, 3.63) is 90.1 Å². The summed E-state index contributed by atoms with van der Waals surface area (Å²) in [6, 6.07) is 12.3. The summed E-state index contributed by atoms with van der Waals surface area (Å²) in [5.74, 6) is 1.01. The topological polar surface area (TPSA) is 134 Å². The van der Waals surface area contributed by atoms with Crippen LogP contribution in [0.2, 0.25) is 0 Å². The standard InChI is InChI=1S/C28H28N4O7S/c1-19-20(2)31-39-28(19)32(18-36-15-14-35-3)40(33,34)25-7-5-4-6-24(25)23-9-8-21(27-30-11-13-38-27)16-22(23)17-26-29-10-12-37-26/h4-13,16H,14-15,17-18H2,1-3H3. The molecule has 0 fully saturated rings. The lowest BCUT2D eigenvalue weighted by Gasteiger charge is -2.24. The van der Waals surface area contributed by atoms with Crippen molar-refractivity contribution in [1.82, 2.24) is 15.1 Å². The number of benzene rings is 2. The maximum absolute atomic E-state index is 14.3. The van der Waals surface area contributed by atoms with Crippen molar-refractivity contribution in [3.8, 4) is 22.6 Å². The van der Waals surface area contributed by atoms with E-state index in [1.165, 1.54) is 12.5 Å². The maximum atomic E-state index is 14.3. The highest BCUT2D eigenvalue weighted by Crippen LogP contribution is 2.37. The van der Waals surface area contributed by atoms with Crippen LogP contribution in [0.15, 0.2) is 85.6 Å². The zero-order valence-corrected chi connectivity index (χ0v) is 23.1. The summed E-state index contributed by atoms with van der Waals surface area (Å²) in [7, 11) is -2.65. The van der Waals surface area contributed by atoms with Crippen LogP contribution in [0.25, 0.3) is 22.6 Å². The van der Waals surface area contributed by atoms with Crippen LogP contribution in [0, 0.1) is 13.8 Å². The van der Waals surface area contributed by atoms with Crippen molar-refractivity contribution in [1.29, 1.82) is 0 Å². The third-order valence-electron chi connectivity index (χ3n) is 6.35. The second-order valence-corrected chi connectivity index (χ2v) is 10.7. The molecule has 0 aliphatic heterocycles. The molecule has 208 valence electrons. The lowest BCUT2D eigenvalue weighted by Crippen LogP contribution is -2.34. The Balaban J connectivity index is 1.62. The first-order valence-corrected chi connectivity index (χ1v) is 13.9. The fraction of sp³-hybridized carbons (Fsp3) is 0.250. The van der Waals surface area contributed by atoms with E-state index >= 15 is 0 Å². The molecule has 0 spiro atoms. The molecule has 0 radical (unpaired) electrons. The fourth-order valence-corrected chi connectivity index (χ4v) is 5.75. The van der Waals surface area contributed by atoms with Gasteiger partial charge < -0.3 is 22.8 Å². The predicted octanol–water partition coefficient (Wildman–Crippen LogP) is 5.01. The first kappa shape index (κ1) is 27.3. The van der Waals surface area contributed by atoms with Gasteiger partial charge in [0, 0.05) is 30.2 Å². The lowest BCUT2D eigenvalue weighted by molar-refractivity contribution is 0.0744. The Morgan fingerprint density at radius 3 is 2.45 bits per heavy atom. The summed E-state index contributed by atoms with van der Waals surface area (Å²) in [6.45, 7) is 3.71. The van der Waals surface area contributed by atoms with E-state index < -0.39 is 10.0 Å². The number of aryl methyl sites for hydroxylation is 1. The summed E-state index contributed by atoms with van der Waals surface area (Å²) in [5, 5.41) is 3.97. The van der Waals surface area contributed by atoms with Gasteiger partial charge in [0.1, 0.15) is 19.3 Å². The Hall–Kier alpha value is -4.26. The van der Waals surface area contributed by atoms with E-state index in [1.807, 2.05) is 18.2 Å². The number of rotatable bonds is 12. The van der Waals surface area contributed by atoms with Crippen molar-refractivity contribution in [2.24, 2.45) is 0 Å². The fourth-order valence-electron chi connectivity index (χ4n) is 4.20. The number of hydrogen-bond acceptors (Lipinski definition) is 10. The molecule has 3 aromatic heterocycles. The lowest BCUT2D eigenvalue weighted by atomic mass is 9.95. The van der Waals surface area contributed by atoms with Crippen LogP contribution in [-0.4, -0.2) is 50.6 Å². The second kappa shape index (κ2) is 11.9. The third kappa shape index (κ3) is 5.55. The molecule has 0 saturated carbocycles. The molecule has 12 heteroatoms. The monoisotopic (exact) mass is 564 g/mol. The van der Waals surface area contributed by atoms with Gasteiger partial charge in [-0.3, -0.25) is 0 Å². The minimum absolute atomic E-state index is 0.0660. The van der Waals surface area contributed by atoms with Crippen molar-refractivity contribution in [2.75, 3.05) is 31.4 Å². The number of hydrogen-bond donors (Lipinski definition) is 0. The molecule has 0 aliphatic carbocycles. The maximum Gasteiger partial charge on any atom is 0.269 e. The van der Waals surface area contributed by atoms with E-state index in [4.69, 9.17) is 22.8 Å². The Kier molecular flexibility index (Phi) is 8.10. The SMILES string of the molecule is COCCOCN(c1onc(C)c1C)S(=O)(=O)c1ccccc1-c1ccc(-c2ncco2)cc1Cc1ncco1. The van der Waals surface area contributed by atoms with Gasteiger partial charge in [0.15, 0.2) is 5.89 Å². The number of methoxy groups -OCH3 is 1. The molecule has 40 heavy (non-hydrogen) atoms. The molecule has 0 bridgehead atoms. The molecule has 0 atom stereocenters. The summed E-state index contributed by atoms with van der Waals surface area (Å²) in [5.41, 5.74) is 3.84. The Bertz CT molecular complexity index is 1660. The molecule has 2 aromatic carbocycles. The minimum atomic E-state index is -4.20. The van der Waals surface area contributed by atoms with Gasteiger partial charge in [-0.15, -0.1) is 0 Å². The van der Waals surface area contributed by atoms with Crippen LogP contribution in [0.4, 0.5) is 5.88 Å². The third-order valence-corrected chi connectivity index (χ3v) is 8.12. The second-order valence-electron chi connectivity index (χ2n) is 8.89. The summed E-state index contributed by atoms with van der Waals surface area (Å²) in [6.07, 6.45) is 6.43. The normalized spacial score (nSPS) is 11.7. The van der Waals surface area contributed by atoms with E-state index in [1.54, 1.807) is 57.6 Å². The number of oxazole rings is 2. The summed E-state index contributed by atoms with van der Waals surface area (Å²) < 4.78 is 56.9. The summed E-state index contributed by atoms with van der Waals surface area (Å²) in [4.78, 5) is 8.57. The quantitative estimate of drug-likeness (QED) is 0.150. The minimum Gasteiger partial charge on any atom is -0.449 e. The van der Waals surface area contributed by atoms with Crippen molar-refractivity contribution >= 4 is 15.9 Å². The van der Waals surface area contributed by atoms with Crippen molar-refractivity contribution < 1.29 is 31.2 Å². The first-order chi connectivity index (χ1) is 19.4. The van der Waals surface area contributed by atoms with Crippen LogP contribution in [0.1, 0.15) is 22.7 Å². The van der Waals surface area contributed by atoms with Crippen LogP contribution < -0.4 is 4.31 Å². The molecule has 11 nitrogen and oxygen atoms in total. The van der Waals surface area contributed by atoms with Gasteiger partial charge in [0.05, 0.1) is 36.2 Å². The molecule has 0 aliphatic rings. The zero-order valence-electron chi connectivity index (χ0n) is 22.2. The van der Waals surface area contributed by atoms with Gasteiger partial charge in [0.2, 0.25) is 11.8 Å². The van der Waals surface area contributed by atoms with Gasteiger partial charge >= 0.3 is 0 Å².